The van der Waals surface area contributed by atoms with Crippen LogP contribution in [0, 0.1) is 35.0 Å². The highest BCUT2D eigenvalue weighted by Gasteiger charge is 2.56. The number of fused-ring (bicyclic) bond motifs is 3. The first-order chi connectivity index (χ1) is 11.9. The van der Waals surface area contributed by atoms with E-state index in [0.29, 0.717) is 42.8 Å². The highest BCUT2D eigenvalue weighted by atomic mass is 16.5. The normalized spacial score (nSPS) is 40.1. The summed E-state index contributed by atoms with van der Waals surface area (Å²) in [7, 11) is 2.84. The van der Waals surface area contributed by atoms with Crippen LogP contribution in [0.2, 0.25) is 0 Å². The lowest BCUT2D eigenvalue weighted by Gasteiger charge is -2.52. The SMILES string of the molecule is COC(=O)C[C@@H]1CC[C@@H]2[C@H](CC[C@]3(C)C(=O)CC[C@@H]23)[C@H]1CC(=O)OC. The van der Waals surface area contributed by atoms with E-state index in [4.69, 9.17) is 9.47 Å². The van der Waals surface area contributed by atoms with E-state index in [1.807, 2.05) is 0 Å². The van der Waals surface area contributed by atoms with Gasteiger partial charge in [0.2, 0.25) is 0 Å². The van der Waals surface area contributed by atoms with E-state index < -0.39 is 0 Å². The zero-order valence-corrected chi connectivity index (χ0v) is 15.6. The minimum atomic E-state index is -0.199. The van der Waals surface area contributed by atoms with Gasteiger partial charge in [0.1, 0.15) is 5.78 Å². The molecule has 5 nitrogen and oxygen atoms in total. The summed E-state index contributed by atoms with van der Waals surface area (Å²) in [5.41, 5.74) is -0.161. The minimum absolute atomic E-state index is 0.158. The summed E-state index contributed by atoms with van der Waals surface area (Å²) in [5, 5.41) is 0. The molecule has 0 radical (unpaired) electrons. The van der Waals surface area contributed by atoms with Gasteiger partial charge >= 0.3 is 11.9 Å². The van der Waals surface area contributed by atoms with Crippen LogP contribution in [0.15, 0.2) is 0 Å². The zero-order chi connectivity index (χ0) is 18.2. The van der Waals surface area contributed by atoms with E-state index in [9.17, 15) is 14.4 Å². The van der Waals surface area contributed by atoms with Gasteiger partial charge in [0.25, 0.3) is 0 Å². The number of carbonyl (C=O) groups excluding carboxylic acids is 3. The van der Waals surface area contributed by atoms with Crippen LogP contribution in [-0.2, 0) is 23.9 Å². The number of Topliss-reactive ketones (excluding diaryl/α,β-unsaturated/α-hetero) is 1. The summed E-state index contributed by atoms with van der Waals surface area (Å²) in [5.74, 6) is 1.71. The Kier molecular flexibility index (Phi) is 5.21. The van der Waals surface area contributed by atoms with Crippen LogP contribution in [0.25, 0.3) is 0 Å². The Labute approximate surface area is 149 Å². The van der Waals surface area contributed by atoms with E-state index in [2.05, 4.69) is 6.92 Å². The Bertz CT molecular complexity index is 556. The number of hydrogen-bond acceptors (Lipinski definition) is 5. The Hall–Kier alpha value is -1.39. The van der Waals surface area contributed by atoms with Crippen LogP contribution >= 0.6 is 0 Å². The molecule has 0 aromatic carbocycles. The van der Waals surface area contributed by atoms with Crippen LogP contribution in [0.5, 0.6) is 0 Å². The maximum Gasteiger partial charge on any atom is 0.305 e. The molecular weight excluding hydrogens is 320 g/mol. The first-order valence-electron chi connectivity index (χ1n) is 9.57. The Balaban J connectivity index is 1.82. The number of rotatable bonds is 4. The average molecular weight is 350 g/mol. The van der Waals surface area contributed by atoms with Gasteiger partial charge < -0.3 is 9.47 Å². The molecule has 0 amide bonds. The smallest absolute Gasteiger partial charge is 0.305 e. The van der Waals surface area contributed by atoms with Crippen LogP contribution in [0.3, 0.4) is 0 Å². The van der Waals surface area contributed by atoms with Gasteiger partial charge in [0, 0.05) is 24.7 Å². The molecule has 3 aliphatic carbocycles. The predicted octanol–water partition coefficient (Wildman–Crippen LogP) is 3.15. The van der Waals surface area contributed by atoms with Crippen LogP contribution < -0.4 is 0 Å². The molecule has 3 fully saturated rings. The van der Waals surface area contributed by atoms with Crippen molar-refractivity contribution in [2.45, 2.75) is 58.3 Å². The summed E-state index contributed by atoms with van der Waals surface area (Å²) in [6.07, 6.45) is 6.32. The molecule has 0 unspecified atom stereocenters. The third kappa shape index (κ3) is 3.22. The number of methoxy groups -OCH3 is 2. The molecule has 0 N–H and O–H groups in total. The molecule has 0 bridgehead atoms. The molecule has 5 heteroatoms. The molecule has 0 spiro atoms. The van der Waals surface area contributed by atoms with Crippen molar-refractivity contribution in [1.82, 2.24) is 0 Å². The molecule has 0 saturated heterocycles. The highest BCUT2D eigenvalue weighted by molar-refractivity contribution is 5.87. The van der Waals surface area contributed by atoms with Crippen LogP contribution in [-0.4, -0.2) is 31.9 Å². The summed E-state index contributed by atoms with van der Waals surface area (Å²) in [4.78, 5) is 36.3. The summed E-state index contributed by atoms with van der Waals surface area (Å²) >= 11 is 0. The monoisotopic (exact) mass is 350 g/mol. The topological polar surface area (TPSA) is 69.7 Å². The maximum atomic E-state index is 12.4. The summed E-state index contributed by atoms with van der Waals surface area (Å²) in [6.45, 7) is 2.15. The van der Waals surface area contributed by atoms with Crippen molar-refractivity contribution >= 4 is 17.7 Å². The van der Waals surface area contributed by atoms with Gasteiger partial charge in [-0.2, -0.15) is 0 Å². The molecule has 3 aliphatic rings. The molecule has 25 heavy (non-hydrogen) atoms. The van der Waals surface area contributed by atoms with Gasteiger partial charge in [-0.15, -0.1) is 0 Å². The minimum Gasteiger partial charge on any atom is -0.469 e. The largest absolute Gasteiger partial charge is 0.469 e. The second kappa shape index (κ2) is 7.08. The molecule has 3 saturated carbocycles. The molecule has 6 atom stereocenters. The molecule has 0 aromatic heterocycles. The van der Waals surface area contributed by atoms with Gasteiger partial charge in [-0.3, -0.25) is 14.4 Å². The first kappa shape index (κ1) is 18.4. The van der Waals surface area contributed by atoms with Crippen molar-refractivity contribution in [3.63, 3.8) is 0 Å². The number of ketones is 1. The Morgan fingerprint density at radius 2 is 1.68 bits per heavy atom. The number of carbonyl (C=O) groups is 3. The fourth-order valence-electron chi connectivity index (χ4n) is 6.15. The predicted molar refractivity (Wildman–Crippen MR) is 91.5 cm³/mol. The van der Waals surface area contributed by atoms with Gasteiger partial charge in [-0.1, -0.05) is 6.92 Å². The van der Waals surface area contributed by atoms with E-state index in [0.717, 1.165) is 32.1 Å². The molecular formula is C20H30O5. The standard InChI is InChI=1S/C20H30O5/c1-20-9-8-13-14(16(20)6-7-17(20)21)5-4-12(10-18(22)24-2)15(13)11-19(23)25-3/h12-16H,4-11H2,1-3H3/t12-,13-,14+,15-,16-,20-/m0/s1. The Morgan fingerprint density at radius 1 is 1.00 bits per heavy atom. The maximum absolute atomic E-state index is 12.4. The van der Waals surface area contributed by atoms with Gasteiger partial charge in [0.05, 0.1) is 14.2 Å². The molecule has 0 heterocycles. The van der Waals surface area contributed by atoms with Crippen molar-refractivity contribution in [3.8, 4) is 0 Å². The lowest BCUT2D eigenvalue weighted by molar-refractivity contribution is -0.150. The fraction of sp³-hybridized carbons (Fsp3) is 0.850. The molecule has 0 aliphatic heterocycles. The van der Waals surface area contributed by atoms with E-state index in [1.165, 1.54) is 14.2 Å². The third-order valence-electron chi connectivity index (χ3n) is 7.51. The summed E-state index contributed by atoms with van der Waals surface area (Å²) in [6, 6.07) is 0. The van der Waals surface area contributed by atoms with Gasteiger partial charge in [-0.05, 0) is 61.7 Å². The second-order valence-corrected chi connectivity index (χ2v) is 8.41. The van der Waals surface area contributed by atoms with Crippen LogP contribution in [0.4, 0.5) is 0 Å². The fourth-order valence-corrected chi connectivity index (χ4v) is 6.15. The Morgan fingerprint density at radius 3 is 2.36 bits per heavy atom. The molecule has 0 aromatic rings. The third-order valence-corrected chi connectivity index (χ3v) is 7.51. The highest BCUT2D eigenvalue weighted by Crippen LogP contribution is 2.60. The lowest BCUT2D eigenvalue weighted by atomic mass is 9.51. The van der Waals surface area contributed by atoms with Crippen molar-refractivity contribution in [2.24, 2.45) is 35.0 Å². The number of hydrogen-bond donors (Lipinski definition) is 0. The van der Waals surface area contributed by atoms with Crippen molar-refractivity contribution in [1.29, 1.82) is 0 Å². The average Bonchev–Trinajstić information content (AvgIpc) is 2.91. The molecule has 140 valence electrons. The van der Waals surface area contributed by atoms with Crippen molar-refractivity contribution in [2.75, 3.05) is 14.2 Å². The van der Waals surface area contributed by atoms with Crippen LogP contribution in [0.1, 0.15) is 58.3 Å². The van der Waals surface area contributed by atoms with E-state index in [-0.39, 0.29) is 29.2 Å². The number of esters is 2. The number of ether oxygens (including phenoxy) is 2. The first-order valence-corrected chi connectivity index (χ1v) is 9.57. The van der Waals surface area contributed by atoms with Gasteiger partial charge in [-0.25, -0.2) is 0 Å². The second-order valence-electron chi connectivity index (χ2n) is 8.41. The summed E-state index contributed by atoms with van der Waals surface area (Å²) < 4.78 is 9.79. The van der Waals surface area contributed by atoms with E-state index >= 15 is 0 Å². The molecule has 3 rings (SSSR count). The zero-order valence-electron chi connectivity index (χ0n) is 15.6. The lowest BCUT2D eigenvalue weighted by Crippen LogP contribution is -2.48. The van der Waals surface area contributed by atoms with Crippen molar-refractivity contribution in [3.05, 3.63) is 0 Å². The quantitative estimate of drug-likeness (QED) is 0.729. The van der Waals surface area contributed by atoms with Gasteiger partial charge in [0.15, 0.2) is 0 Å². The van der Waals surface area contributed by atoms with E-state index in [1.54, 1.807) is 0 Å². The van der Waals surface area contributed by atoms with Crippen molar-refractivity contribution < 1.29 is 23.9 Å².